The predicted octanol–water partition coefficient (Wildman–Crippen LogP) is 3.37. The summed E-state index contributed by atoms with van der Waals surface area (Å²) in [4.78, 5) is 0. The summed E-state index contributed by atoms with van der Waals surface area (Å²) in [6.45, 7) is 4.10. The molecule has 1 saturated carbocycles. The normalized spacial score (nSPS) is 19.0. The van der Waals surface area contributed by atoms with Crippen molar-refractivity contribution >= 4 is 0 Å². The Bertz CT molecular complexity index is 390. The lowest BCUT2D eigenvalue weighted by atomic mass is 10.0. The summed E-state index contributed by atoms with van der Waals surface area (Å²) in [6, 6.07) is 4.46. The Morgan fingerprint density at radius 1 is 1.41 bits per heavy atom. The fraction of sp³-hybridized carbons (Fsp3) is 0.571. The van der Waals surface area contributed by atoms with Crippen molar-refractivity contribution in [2.24, 2.45) is 5.92 Å². The topological polar surface area (TPSA) is 32.3 Å². The molecule has 0 amide bonds. The van der Waals surface area contributed by atoms with Crippen LogP contribution in [0.5, 0.6) is 5.75 Å². The molecule has 0 aromatic heterocycles. The lowest BCUT2D eigenvalue weighted by molar-refractivity contribution is 0.413. The molecular formula is C14H20FNO. The van der Waals surface area contributed by atoms with Gasteiger partial charge in [0, 0.05) is 17.6 Å². The van der Waals surface area contributed by atoms with E-state index in [2.05, 4.69) is 12.2 Å². The van der Waals surface area contributed by atoms with Gasteiger partial charge in [-0.15, -0.1) is 0 Å². The van der Waals surface area contributed by atoms with Crippen molar-refractivity contribution in [3.63, 3.8) is 0 Å². The molecule has 17 heavy (non-hydrogen) atoms. The zero-order chi connectivity index (χ0) is 12.4. The Hall–Kier alpha value is -1.09. The summed E-state index contributed by atoms with van der Waals surface area (Å²) in [7, 11) is 0. The van der Waals surface area contributed by atoms with Gasteiger partial charge in [0.15, 0.2) is 0 Å². The molecule has 1 aliphatic carbocycles. The molecule has 1 aliphatic rings. The summed E-state index contributed by atoms with van der Waals surface area (Å²) in [5, 5.41) is 13.1. The molecule has 2 nitrogen and oxygen atoms in total. The first-order chi connectivity index (χ1) is 8.06. The lowest BCUT2D eigenvalue weighted by Crippen LogP contribution is -2.29. The van der Waals surface area contributed by atoms with Crippen molar-refractivity contribution < 1.29 is 9.50 Å². The maximum Gasteiger partial charge on any atom is 0.123 e. The first kappa shape index (κ1) is 12.4. The summed E-state index contributed by atoms with van der Waals surface area (Å²) in [6.07, 6.45) is 3.84. The Balaban J connectivity index is 1.97. The molecule has 2 atom stereocenters. The second-order valence-corrected chi connectivity index (χ2v) is 5.17. The molecular weight excluding hydrogens is 217 g/mol. The zero-order valence-electron chi connectivity index (χ0n) is 10.4. The van der Waals surface area contributed by atoms with Crippen LogP contribution in [-0.4, -0.2) is 11.1 Å². The number of phenols is 1. The SMILES string of the molecule is CC(CC1CC1)NC(C)c1cc(F)ccc1O. The highest BCUT2D eigenvalue weighted by Gasteiger charge is 2.24. The highest BCUT2D eigenvalue weighted by molar-refractivity contribution is 5.34. The van der Waals surface area contributed by atoms with E-state index in [1.807, 2.05) is 6.92 Å². The molecule has 2 unspecified atom stereocenters. The number of hydrogen-bond acceptors (Lipinski definition) is 2. The molecule has 0 saturated heterocycles. The van der Waals surface area contributed by atoms with Gasteiger partial charge >= 0.3 is 0 Å². The van der Waals surface area contributed by atoms with Crippen LogP contribution in [0.3, 0.4) is 0 Å². The van der Waals surface area contributed by atoms with Gasteiger partial charge in [0.25, 0.3) is 0 Å². The Kier molecular flexibility index (Phi) is 3.67. The van der Waals surface area contributed by atoms with E-state index in [4.69, 9.17) is 0 Å². The van der Waals surface area contributed by atoms with E-state index in [0.717, 1.165) is 5.92 Å². The van der Waals surface area contributed by atoms with Gasteiger partial charge in [-0.2, -0.15) is 0 Å². The average Bonchev–Trinajstić information content (AvgIpc) is 3.05. The first-order valence-corrected chi connectivity index (χ1v) is 6.30. The fourth-order valence-electron chi connectivity index (χ4n) is 2.31. The third-order valence-electron chi connectivity index (χ3n) is 3.37. The van der Waals surface area contributed by atoms with E-state index < -0.39 is 0 Å². The van der Waals surface area contributed by atoms with Gasteiger partial charge in [-0.1, -0.05) is 12.8 Å². The number of rotatable bonds is 5. The van der Waals surface area contributed by atoms with E-state index in [-0.39, 0.29) is 17.6 Å². The number of aromatic hydroxyl groups is 1. The molecule has 1 aromatic rings. The van der Waals surface area contributed by atoms with Crippen LogP contribution in [0.25, 0.3) is 0 Å². The molecule has 0 spiro atoms. The minimum absolute atomic E-state index is 0.0283. The zero-order valence-corrected chi connectivity index (χ0v) is 10.4. The highest BCUT2D eigenvalue weighted by atomic mass is 19.1. The van der Waals surface area contributed by atoms with Crippen molar-refractivity contribution in [2.45, 2.75) is 45.2 Å². The van der Waals surface area contributed by atoms with Gasteiger partial charge in [-0.25, -0.2) is 4.39 Å². The summed E-state index contributed by atoms with van der Waals surface area (Å²) >= 11 is 0. The smallest absolute Gasteiger partial charge is 0.123 e. The molecule has 94 valence electrons. The van der Waals surface area contributed by atoms with Gasteiger partial charge in [-0.05, 0) is 44.4 Å². The summed E-state index contributed by atoms with van der Waals surface area (Å²) < 4.78 is 13.1. The van der Waals surface area contributed by atoms with Crippen LogP contribution in [0.2, 0.25) is 0 Å². The van der Waals surface area contributed by atoms with Crippen molar-refractivity contribution in [3.05, 3.63) is 29.6 Å². The molecule has 0 bridgehead atoms. The monoisotopic (exact) mass is 237 g/mol. The van der Waals surface area contributed by atoms with Crippen LogP contribution in [0.4, 0.5) is 4.39 Å². The molecule has 1 aromatic carbocycles. The number of nitrogens with one attached hydrogen (secondary N) is 1. The highest BCUT2D eigenvalue weighted by Crippen LogP contribution is 2.34. The number of phenolic OH excluding ortho intramolecular Hbond substituents is 1. The minimum atomic E-state index is -0.304. The maximum absolute atomic E-state index is 13.1. The quantitative estimate of drug-likeness (QED) is 0.823. The molecule has 2 N–H and O–H groups in total. The van der Waals surface area contributed by atoms with Crippen LogP contribution in [0.15, 0.2) is 18.2 Å². The number of benzene rings is 1. The molecule has 3 heteroatoms. The molecule has 0 heterocycles. The third-order valence-corrected chi connectivity index (χ3v) is 3.37. The van der Waals surface area contributed by atoms with E-state index in [0.29, 0.717) is 11.6 Å². The van der Waals surface area contributed by atoms with Crippen molar-refractivity contribution in [3.8, 4) is 5.75 Å². The maximum atomic E-state index is 13.1. The summed E-state index contributed by atoms with van der Waals surface area (Å²) in [5.74, 6) is 0.720. The van der Waals surface area contributed by atoms with Crippen LogP contribution in [0, 0.1) is 11.7 Å². The standard InChI is InChI=1S/C14H20FNO/c1-9(7-11-3-4-11)16-10(2)13-8-12(15)5-6-14(13)17/h5-6,8-11,16-17H,3-4,7H2,1-2H3. The number of hydrogen-bond donors (Lipinski definition) is 2. The third kappa shape index (κ3) is 3.43. The second-order valence-electron chi connectivity index (χ2n) is 5.17. The Morgan fingerprint density at radius 3 is 2.76 bits per heavy atom. The molecule has 1 fully saturated rings. The van der Waals surface area contributed by atoms with Gasteiger partial charge in [-0.3, -0.25) is 0 Å². The van der Waals surface area contributed by atoms with Gasteiger partial charge in [0.1, 0.15) is 11.6 Å². The summed E-state index contributed by atoms with van der Waals surface area (Å²) in [5.41, 5.74) is 0.632. The van der Waals surface area contributed by atoms with E-state index >= 15 is 0 Å². The molecule has 2 rings (SSSR count). The fourth-order valence-corrected chi connectivity index (χ4v) is 2.31. The molecule has 0 radical (unpaired) electrons. The van der Waals surface area contributed by atoms with E-state index in [1.165, 1.54) is 37.5 Å². The van der Waals surface area contributed by atoms with Crippen molar-refractivity contribution in [2.75, 3.05) is 0 Å². The Labute approximate surface area is 102 Å². The second kappa shape index (κ2) is 5.05. The first-order valence-electron chi connectivity index (χ1n) is 6.30. The number of halogens is 1. The Morgan fingerprint density at radius 2 is 2.12 bits per heavy atom. The van der Waals surface area contributed by atoms with Gasteiger partial charge in [0.2, 0.25) is 0 Å². The van der Waals surface area contributed by atoms with Crippen LogP contribution >= 0.6 is 0 Å². The van der Waals surface area contributed by atoms with Crippen molar-refractivity contribution in [1.82, 2.24) is 5.32 Å². The van der Waals surface area contributed by atoms with Gasteiger partial charge in [0.05, 0.1) is 0 Å². The average molecular weight is 237 g/mol. The predicted molar refractivity (Wildman–Crippen MR) is 66.4 cm³/mol. The minimum Gasteiger partial charge on any atom is -0.508 e. The largest absolute Gasteiger partial charge is 0.508 e. The van der Waals surface area contributed by atoms with Crippen LogP contribution in [0.1, 0.15) is 44.7 Å². The molecule has 0 aliphatic heterocycles. The van der Waals surface area contributed by atoms with E-state index in [1.54, 1.807) is 0 Å². The van der Waals surface area contributed by atoms with Crippen LogP contribution in [-0.2, 0) is 0 Å². The van der Waals surface area contributed by atoms with Gasteiger partial charge < -0.3 is 10.4 Å². The van der Waals surface area contributed by atoms with E-state index in [9.17, 15) is 9.50 Å². The van der Waals surface area contributed by atoms with Crippen LogP contribution < -0.4 is 5.32 Å². The van der Waals surface area contributed by atoms with Crippen molar-refractivity contribution in [1.29, 1.82) is 0 Å². The lowest BCUT2D eigenvalue weighted by Gasteiger charge is -2.21.